The van der Waals surface area contributed by atoms with Crippen LogP contribution < -0.4 is 33.1 Å². The van der Waals surface area contributed by atoms with Gasteiger partial charge in [0.15, 0.2) is 6.10 Å². The molecule has 0 heterocycles. The van der Waals surface area contributed by atoms with Gasteiger partial charge in [-0.05, 0) is 12.8 Å². The summed E-state index contributed by atoms with van der Waals surface area (Å²) in [4.78, 5) is 77.8. The highest BCUT2D eigenvalue weighted by Gasteiger charge is 2.54. The molecule has 50 heavy (non-hydrogen) atoms. The number of carbonyl (C=O) groups is 2. The van der Waals surface area contributed by atoms with E-state index >= 15 is 0 Å². The quantitative estimate of drug-likeness (QED) is 0.0383. The SMILES string of the molecule is CCCCCCCC(=O)OC[C@H](COP(=O)([O-])O[C@H]1C(O)C(OP(=O)([O-])O)C(OP(=O)([O-])O)[C@@H](O)C1O)OC(=O)CCCCCCC.[NH4+].[NH4+].[NH4+]. The first kappa shape index (κ1) is 53.4. The van der Waals surface area contributed by atoms with E-state index in [1.165, 1.54) is 0 Å². The normalized spacial score (nSPS) is 26.0. The summed E-state index contributed by atoms with van der Waals surface area (Å²) in [6, 6.07) is 0. The monoisotopic (exact) mass is 797 g/mol. The molecule has 1 saturated carbocycles. The van der Waals surface area contributed by atoms with Crippen LogP contribution in [0.1, 0.15) is 90.9 Å². The van der Waals surface area contributed by atoms with Crippen molar-refractivity contribution >= 4 is 35.4 Å². The Morgan fingerprint density at radius 3 is 1.50 bits per heavy atom. The Bertz CT molecular complexity index is 1100. The van der Waals surface area contributed by atoms with E-state index < -0.39 is 91.3 Å². The second kappa shape index (κ2) is 25.9. The number of unbranched alkanes of at least 4 members (excludes halogenated alkanes) is 8. The van der Waals surface area contributed by atoms with Gasteiger partial charge in [-0.2, -0.15) is 0 Å². The Hall–Kier alpha value is -0.970. The lowest BCUT2D eigenvalue weighted by Crippen LogP contribution is -2.65. The Kier molecular flexibility index (Phi) is 27.7. The third kappa shape index (κ3) is 22.2. The molecule has 1 aliphatic rings. The van der Waals surface area contributed by atoms with Gasteiger partial charge in [-0.3, -0.25) is 23.3 Å². The van der Waals surface area contributed by atoms with Gasteiger partial charge < -0.3 is 85.8 Å². The number of esters is 2. The molecule has 1 fully saturated rings. The number of phosphoric acid groups is 3. The average Bonchev–Trinajstić information content (AvgIpc) is 2.96. The maximum atomic E-state index is 12.7. The third-order valence-corrected chi connectivity index (χ3v) is 8.88. The minimum atomic E-state index is -5.86. The number of quaternary nitrogens is 3. The van der Waals surface area contributed by atoms with Crippen LogP contribution in [0.15, 0.2) is 0 Å². The first-order chi connectivity index (χ1) is 21.8. The van der Waals surface area contributed by atoms with Crippen molar-refractivity contribution in [3.05, 3.63) is 0 Å². The zero-order chi connectivity index (χ0) is 35.8. The van der Waals surface area contributed by atoms with Crippen LogP contribution in [-0.4, -0.2) is 93.0 Å². The average molecular weight is 798 g/mol. The van der Waals surface area contributed by atoms with Crippen molar-refractivity contribution in [3.8, 4) is 0 Å². The summed E-state index contributed by atoms with van der Waals surface area (Å²) < 4.78 is 63.1. The van der Waals surface area contributed by atoms with Crippen molar-refractivity contribution in [2.75, 3.05) is 13.2 Å². The van der Waals surface area contributed by atoms with Crippen LogP contribution >= 0.6 is 23.5 Å². The van der Waals surface area contributed by atoms with Crippen LogP contribution in [0.3, 0.4) is 0 Å². The largest absolute Gasteiger partial charge is 0.756 e. The zero-order valence-corrected chi connectivity index (χ0v) is 31.9. The number of carbonyl (C=O) groups excluding carboxylic acids is 2. The van der Waals surface area contributed by atoms with Gasteiger partial charge in [0.25, 0.3) is 23.5 Å². The van der Waals surface area contributed by atoms with Crippen LogP contribution in [-0.2, 0) is 50.9 Å². The molecule has 17 N–H and O–H groups in total. The number of rotatable bonds is 24. The lowest BCUT2D eigenvalue weighted by molar-refractivity contribution is -0.280. The van der Waals surface area contributed by atoms with Crippen molar-refractivity contribution in [3.63, 3.8) is 0 Å². The van der Waals surface area contributed by atoms with Gasteiger partial charge >= 0.3 is 11.9 Å². The Morgan fingerprint density at radius 2 is 1.04 bits per heavy atom. The topological polar surface area (TPSA) is 421 Å². The minimum absolute atomic E-state index is 0. The van der Waals surface area contributed by atoms with Gasteiger partial charge in [0.2, 0.25) is 0 Å². The molecule has 0 aliphatic heterocycles. The van der Waals surface area contributed by atoms with Crippen molar-refractivity contribution in [1.29, 1.82) is 0 Å². The fourth-order valence-corrected chi connectivity index (χ4v) is 6.62. The highest BCUT2D eigenvalue weighted by molar-refractivity contribution is 7.46. The summed E-state index contributed by atoms with van der Waals surface area (Å²) in [5, 5.41) is 31.2. The smallest absolute Gasteiger partial charge is 0.306 e. The Balaban J connectivity index is -0.00000736. The number of hydrogen-bond acceptors (Lipinski definition) is 17. The lowest BCUT2D eigenvalue weighted by Gasteiger charge is -2.47. The summed E-state index contributed by atoms with van der Waals surface area (Å²) >= 11 is 0. The van der Waals surface area contributed by atoms with E-state index in [1.807, 2.05) is 13.8 Å². The Morgan fingerprint density at radius 1 is 0.620 bits per heavy atom. The summed E-state index contributed by atoms with van der Waals surface area (Å²) in [7, 11) is -17.4. The number of ether oxygens (including phenoxy) is 2. The molecule has 1 aliphatic carbocycles. The highest BCUT2D eigenvalue weighted by atomic mass is 31.2. The standard InChI is InChI=1S/C25H49O19P3.3H3N/c1-3-5-7-9-11-13-18(26)39-15-17(41-19(27)14-12-10-8-6-4-2)16-40-47(37,38)44-23-20(28)21(29)24(42-45(31,32)33)25(22(23)30)43-46(34,35)36;;;/h17,20-25,28-30H,3-16H2,1-2H3,(H,37,38)(H2,31,32,33)(H2,34,35,36);3*1H3/t17-,20?,21+,22?,23-,24?,25?;;;/m1.../s1. The van der Waals surface area contributed by atoms with E-state index in [-0.39, 0.29) is 31.3 Å². The Labute approximate surface area is 291 Å². The first-order valence-electron chi connectivity index (χ1n) is 15.3. The predicted octanol–water partition coefficient (Wildman–Crippen LogP) is 0.949. The minimum Gasteiger partial charge on any atom is -0.756 e. The van der Waals surface area contributed by atoms with E-state index in [2.05, 4.69) is 13.6 Å². The molecular formula is C25H58N3O19P3. The molecule has 0 saturated heterocycles. The third-order valence-electron chi connectivity index (χ3n) is 6.90. The summed E-state index contributed by atoms with van der Waals surface area (Å²) in [6.07, 6.45) is -8.69. The summed E-state index contributed by atoms with van der Waals surface area (Å²) in [5.41, 5.74) is 0. The van der Waals surface area contributed by atoms with Crippen molar-refractivity contribution < 1.29 is 90.6 Å². The molecule has 22 nitrogen and oxygen atoms in total. The molecule has 0 aromatic rings. The van der Waals surface area contributed by atoms with E-state index in [9.17, 15) is 53.3 Å². The van der Waals surface area contributed by atoms with Crippen LogP contribution in [0.5, 0.6) is 0 Å². The highest BCUT2D eigenvalue weighted by Crippen LogP contribution is 2.47. The van der Waals surface area contributed by atoms with Crippen molar-refractivity contribution in [2.45, 2.75) is 134 Å². The molecule has 7 unspecified atom stereocenters. The molecule has 25 heteroatoms. The molecule has 302 valence electrons. The van der Waals surface area contributed by atoms with Crippen LogP contribution in [0.4, 0.5) is 0 Å². The van der Waals surface area contributed by atoms with Crippen LogP contribution in [0.25, 0.3) is 0 Å². The number of hydrogen-bond donors (Lipinski definition) is 8. The molecule has 1 rings (SSSR count). The zero-order valence-electron chi connectivity index (χ0n) is 29.2. The molecule has 0 spiro atoms. The number of aliphatic hydroxyl groups is 3. The first-order valence-corrected chi connectivity index (χ1v) is 19.7. The lowest BCUT2D eigenvalue weighted by atomic mass is 9.85. The fraction of sp³-hybridized carbons (Fsp3) is 0.920. The maximum Gasteiger partial charge on any atom is 0.306 e. The van der Waals surface area contributed by atoms with Gasteiger partial charge in [-0.25, -0.2) is 0 Å². The van der Waals surface area contributed by atoms with Crippen LogP contribution in [0, 0.1) is 0 Å². The second-order valence-corrected chi connectivity index (χ2v) is 14.6. The summed E-state index contributed by atoms with van der Waals surface area (Å²) in [6.45, 7) is 2.45. The molecule has 0 aromatic heterocycles. The molecular weight excluding hydrogens is 739 g/mol. The van der Waals surface area contributed by atoms with E-state index in [0.717, 1.165) is 51.4 Å². The van der Waals surface area contributed by atoms with E-state index in [0.29, 0.717) is 12.8 Å². The van der Waals surface area contributed by atoms with Crippen molar-refractivity contribution in [2.24, 2.45) is 0 Å². The van der Waals surface area contributed by atoms with Crippen molar-refractivity contribution in [1.82, 2.24) is 18.5 Å². The number of aliphatic hydroxyl groups excluding tert-OH is 3. The van der Waals surface area contributed by atoms with Gasteiger partial charge in [-0.15, -0.1) is 0 Å². The molecule has 0 radical (unpaired) electrons. The van der Waals surface area contributed by atoms with Gasteiger partial charge in [0.1, 0.15) is 43.2 Å². The van der Waals surface area contributed by atoms with Crippen LogP contribution in [0.2, 0.25) is 0 Å². The number of phosphoric ester groups is 3. The fourth-order valence-electron chi connectivity index (χ4n) is 4.56. The molecule has 0 amide bonds. The molecule has 10 atom stereocenters. The molecule has 0 bridgehead atoms. The molecule has 0 aromatic carbocycles. The van der Waals surface area contributed by atoms with Gasteiger partial charge in [-0.1, -0.05) is 65.2 Å². The predicted molar refractivity (Wildman–Crippen MR) is 171 cm³/mol. The van der Waals surface area contributed by atoms with Gasteiger partial charge in [0.05, 0.1) is 6.61 Å². The van der Waals surface area contributed by atoms with Gasteiger partial charge in [0, 0.05) is 12.8 Å². The van der Waals surface area contributed by atoms with E-state index in [1.54, 1.807) is 0 Å². The van der Waals surface area contributed by atoms with E-state index in [4.69, 9.17) is 23.8 Å². The second-order valence-electron chi connectivity index (χ2n) is 11.0. The summed E-state index contributed by atoms with van der Waals surface area (Å²) in [5.74, 6) is -1.38. The maximum absolute atomic E-state index is 12.7.